The van der Waals surface area contributed by atoms with Crippen LogP contribution < -0.4 is 5.32 Å². The molecule has 1 heterocycles. The van der Waals surface area contributed by atoms with Crippen LogP contribution in [0.4, 0.5) is 0 Å². The van der Waals surface area contributed by atoms with Crippen molar-refractivity contribution in [2.24, 2.45) is 0 Å². The molecule has 0 aromatic carbocycles. The maximum absolute atomic E-state index is 12.7. The first-order valence-corrected chi connectivity index (χ1v) is 8.52. The minimum Gasteiger partial charge on any atom is -0.395 e. The van der Waals surface area contributed by atoms with Gasteiger partial charge in [0.05, 0.1) is 18.3 Å². The highest BCUT2D eigenvalue weighted by molar-refractivity contribution is 5.86. The van der Waals surface area contributed by atoms with Crippen molar-refractivity contribution in [1.82, 2.24) is 20.2 Å². The third kappa shape index (κ3) is 3.93. The number of aliphatic hydroxyl groups excluding tert-OH is 1. The maximum atomic E-state index is 12.7. The number of H-pyrrole nitrogens is 1. The van der Waals surface area contributed by atoms with Gasteiger partial charge in [-0.2, -0.15) is 0 Å². The maximum Gasteiger partial charge on any atom is 0.231 e. The van der Waals surface area contributed by atoms with Gasteiger partial charge in [-0.25, -0.2) is 4.98 Å². The van der Waals surface area contributed by atoms with E-state index in [-0.39, 0.29) is 18.1 Å². The number of imidazole rings is 1. The third-order valence-corrected chi connectivity index (χ3v) is 5.35. The van der Waals surface area contributed by atoms with E-state index >= 15 is 0 Å². The van der Waals surface area contributed by atoms with Gasteiger partial charge in [-0.15, -0.1) is 0 Å². The second-order valence-corrected chi connectivity index (χ2v) is 7.20. The van der Waals surface area contributed by atoms with Crippen molar-refractivity contribution >= 4 is 5.91 Å². The van der Waals surface area contributed by atoms with E-state index in [0.717, 1.165) is 18.5 Å². The molecule has 1 amide bonds. The molecule has 6 heteroatoms. The summed E-state index contributed by atoms with van der Waals surface area (Å²) < 4.78 is 0. The number of nitrogens with zero attached hydrogens (tertiary/aromatic N) is 2. The number of hydrogen-bond acceptors (Lipinski definition) is 4. The Morgan fingerprint density at radius 2 is 2.13 bits per heavy atom. The molecule has 1 aromatic heterocycles. The van der Waals surface area contributed by atoms with E-state index in [1.807, 2.05) is 20.9 Å². The van der Waals surface area contributed by atoms with Gasteiger partial charge in [0.1, 0.15) is 0 Å². The van der Waals surface area contributed by atoms with Gasteiger partial charge >= 0.3 is 0 Å². The van der Waals surface area contributed by atoms with Crippen LogP contribution in [0.25, 0.3) is 0 Å². The quantitative estimate of drug-likeness (QED) is 0.709. The molecule has 1 aliphatic carbocycles. The molecule has 0 spiro atoms. The number of β-amino-alcohol motifs (C(OH)–C–C–N with tert-alkyl or cyclic N) is 1. The van der Waals surface area contributed by atoms with Crippen molar-refractivity contribution in [1.29, 1.82) is 0 Å². The molecule has 6 nitrogen and oxygen atoms in total. The number of nitrogens with one attached hydrogen (secondary N) is 2. The Kier molecular flexibility index (Phi) is 5.81. The minimum atomic E-state index is -0.637. The van der Waals surface area contributed by atoms with Gasteiger partial charge in [-0.05, 0) is 33.7 Å². The van der Waals surface area contributed by atoms with E-state index in [1.165, 1.54) is 19.3 Å². The molecule has 23 heavy (non-hydrogen) atoms. The average Bonchev–Trinajstić information content (AvgIpc) is 3.09. The molecule has 2 rings (SSSR count). The van der Waals surface area contributed by atoms with E-state index in [9.17, 15) is 9.90 Å². The lowest BCUT2D eigenvalue weighted by Gasteiger charge is -2.45. The number of carbonyl (C=O) groups excluding carboxylic acids is 1. The highest BCUT2D eigenvalue weighted by Crippen LogP contribution is 2.32. The number of amides is 1. The number of hydrogen-bond donors (Lipinski definition) is 3. The van der Waals surface area contributed by atoms with Gasteiger partial charge < -0.3 is 15.4 Å². The largest absolute Gasteiger partial charge is 0.395 e. The first-order valence-electron chi connectivity index (χ1n) is 8.52. The van der Waals surface area contributed by atoms with Crippen LogP contribution in [0.1, 0.15) is 51.6 Å². The summed E-state index contributed by atoms with van der Waals surface area (Å²) in [5, 5.41) is 12.4. The topological polar surface area (TPSA) is 81.2 Å². The van der Waals surface area contributed by atoms with Gasteiger partial charge in [-0.3, -0.25) is 9.69 Å². The van der Waals surface area contributed by atoms with Crippen LogP contribution in [0.2, 0.25) is 0 Å². The lowest BCUT2D eigenvalue weighted by atomic mass is 9.79. The van der Waals surface area contributed by atoms with Crippen LogP contribution in [0.3, 0.4) is 0 Å². The van der Waals surface area contributed by atoms with Gasteiger partial charge in [-0.1, -0.05) is 19.3 Å². The van der Waals surface area contributed by atoms with Crippen molar-refractivity contribution in [3.63, 3.8) is 0 Å². The first kappa shape index (κ1) is 17.9. The Balaban J connectivity index is 2.04. The zero-order valence-electron chi connectivity index (χ0n) is 14.6. The van der Waals surface area contributed by atoms with Crippen molar-refractivity contribution in [3.8, 4) is 0 Å². The molecule has 1 aromatic rings. The fourth-order valence-electron chi connectivity index (χ4n) is 3.48. The molecule has 0 unspecified atom stereocenters. The SMILES string of the molecule is CN(CCO)C1(CNC(=O)C(C)(C)c2cnc[nH]2)CCCCC1. The molecule has 1 fully saturated rings. The van der Waals surface area contributed by atoms with E-state index in [4.69, 9.17) is 0 Å². The second-order valence-electron chi connectivity index (χ2n) is 7.20. The van der Waals surface area contributed by atoms with Crippen molar-refractivity contribution in [2.45, 2.75) is 56.9 Å². The Labute approximate surface area is 138 Å². The summed E-state index contributed by atoms with van der Waals surface area (Å²) in [4.78, 5) is 22.0. The molecular formula is C17H30N4O2. The summed E-state index contributed by atoms with van der Waals surface area (Å²) >= 11 is 0. The molecule has 1 aliphatic rings. The summed E-state index contributed by atoms with van der Waals surface area (Å²) in [5.74, 6) is 0.00379. The van der Waals surface area contributed by atoms with Crippen molar-refractivity contribution < 1.29 is 9.90 Å². The van der Waals surface area contributed by atoms with E-state index in [0.29, 0.717) is 13.1 Å². The van der Waals surface area contributed by atoms with Crippen LogP contribution in [0.5, 0.6) is 0 Å². The van der Waals surface area contributed by atoms with Crippen LogP contribution in [-0.4, -0.2) is 58.2 Å². The molecule has 130 valence electrons. The second kappa shape index (κ2) is 7.45. The summed E-state index contributed by atoms with van der Waals surface area (Å²) in [6.45, 7) is 5.22. The minimum absolute atomic E-state index is 0.00379. The predicted octanol–water partition coefficient (Wildman–Crippen LogP) is 1.43. The number of aromatic amines is 1. The fraction of sp³-hybridized carbons (Fsp3) is 0.765. The summed E-state index contributed by atoms with van der Waals surface area (Å²) in [5.41, 5.74) is 0.138. The highest BCUT2D eigenvalue weighted by Gasteiger charge is 2.38. The fourth-order valence-corrected chi connectivity index (χ4v) is 3.48. The normalized spacial score (nSPS) is 18.1. The molecule has 1 saturated carbocycles. The number of rotatable bonds is 7. The predicted molar refractivity (Wildman–Crippen MR) is 90.2 cm³/mol. The molecule has 0 saturated heterocycles. The van der Waals surface area contributed by atoms with Crippen LogP contribution in [-0.2, 0) is 10.2 Å². The smallest absolute Gasteiger partial charge is 0.231 e. The van der Waals surface area contributed by atoms with Crippen LogP contribution >= 0.6 is 0 Å². The first-order chi connectivity index (χ1) is 10.9. The molecule has 3 N–H and O–H groups in total. The molecule has 0 radical (unpaired) electrons. The number of likely N-dealkylation sites (N-methyl/N-ethyl adjacent to an activating group) is 1. The molecule has 0 atom stereocenters. The molecule has 0 bridgehead atoms. The standard InChI is InChI=1S/C17H30N4O2/c1-16(2,14-11-18-13-20-14)15(23)19-12-17(21(3)9-10-22)7-5-4-6-8-17/h11,13,22H,4-10,12H2,1-3H3,(H,18,20)(H,19,23). The highest BCUT2D eigenvalue weighted by atomic mass is 16.3. The van der Waals surface area contributed by atoms with Crippen LogP contribution in [0.15, 0.2) is 12.5 Å². The monoisotopic (exact) mass is 322 g/mol. The lowest BCUT2D eigenvalue weighted by Crippen LogP contribution is -2.57. The molecule has 0 aliphatic heterocycles. The third-order valence-electron chi connectivity index (χ3n) is 5.35. The van der Waals surface area contributed by atoms with Gasteiger partial charge in [0.25, 0.3) is 0 Å². The number of aromatic nitrogens is 2. The average molecular weight is 322 g/mol. The zero-order chi connectivity index (χ0) is 16.9. The summed E-state index contributed by atoms with van der Waals surface area (Å²) in [6, 6.07) is 0. The zero-order valence-corrected chi connectivity index (χ0v) is 14.6. The number of carbonyl (C=O) groups is 1. The molecular weight excluding hydrogens is 292 g/mol. The van der Waals surface area contributed by atoms with Crippen LogP contribution in [0, 0.1) is 0 Å². The van der Waals surface area contributed by atoms with E-state index < -0.39 is 5.41 Å². The van der Waals surface area contributed by atoms with Crippen molar-refractivity contribution in [3.05, 3.63) is 18.2 Å². The Bertz CT molecular complexity index is 493. The summed E-state index contributed by atoms with van der Waals surface area (Å²) in [7, 11) is 2.05. The van der Waals surface area contributed by atoms with Crippen molar-refractivity contribution in [2.75, 3.05) is 26.7 Å². The Hall–Kier alpha value is -1.40. The van der Waals surface area contributed by atoms with Gasteiger partial charge in [0.2, 0.25) is 5.91 Å². The summed E-state index contributed by atoms with van der Waals surface area (Å²) in [6.07, 6.45) is 9.03. The Morgan fingerprint density at radius 3 is 2.70 bits per heavy atom. The van der Waals surface area contributed by atoms with Gasteiger partial charge in [0, 0.05) is 30.5 Å². The Morgan fingerprint density at radius 1 is 1.43 bits per heavy atom. The van der Waals surface area contributed by atoms with E-state index in [2.05, 4.69) is 20.2 Å². The van der Waals surface area contributed by atoms with Gasteiger partial charge in [0.15, 0.2) is 0 Å². The number of aliphatic hydroxyl groups is 1. The lowest BCUT2D eigenvalue weighted by molar-refractivity contribution is -0.126. The van der Waals surface area contributed by atoms with E-state index in [1.54, 1.807) is 12.5 Å².